The van der Waals surface area contributed by atoms with Crippen LogP contribution < -0.4 is 0 Å². The van der Waals surface area contributed by atoms with E-state index in [1.165, 1.54) is 12.3 Å². The van der Waals surface area contributed by atoms with Crippen molar-refractivity contribution in [3.63, 3.8) is 0 Å². The maximum atomic E-state index is 10.5. The maximum Gasteiger partial charge on any atom is 0.333 e. The molecule has 0 N–H and O–H groups in total. The van der Waals surface area contributed by atoms with Crippen LogP contribution in [-0.2, 0) is 14.3 Å². The van der Waals surface area contributed by atoms with Crippen LogP contribution in [0.25, 0.3) is 0 Å². The highest BCUT2D eigenvalue weighted by atomic mass is 16.6. The summed E-state index contributed by atoms with van der Waals surface area (Å²) in [6, 6.07) is 0. The van der Waals surface area contributed by atoms with Gasteiger partial charge in [0.25, 0.3) is 0 Å². The quantitative estimate of drug-likeness (QED) is 0.258. The van der Waals surface area contributed by atoms with E-state index in [-0.39, 0.29) is 5.97 Å². The van der Waals surface area contributed by atoms with Gasteiger partial charge in [-0.2, -0.15) is 0 Å². The Kier molecular flexibility index (Phi) is 5.53. The van der Waals surface area contributed by atoms with Crippen molar-refractivity contribution in [3.8, 4) is 0 Å². The minimum atomic E-state index is -0.365. The summed E-state index contributed by atoms with van der Waals surface area (Å²) in [7, 11) is 0. The first-order valence-electron chi connectivity index (χ1n) is 3.26. The van der Waals surface area contributed by atoms with E-state index in [9.17, 15) is 4.79 Å². The Morgan fingerprint density at radius 1 is 1.40 bits per heavy atom. The summed E-state index contributed by atoms with van der Waals surface area (Å²) in [5, 5.41) is 0. The first-order valence-corrected chi connectivity index (χ1v) is 3.26. The molecule has 0 aromatic heterocycles. The monoisotopic (exact) mass is 147 g/mol. The van der Waals surface area contributed by atoms with E-state index in [1.807, 2.05) is 6.92 Å². The van der Waals surface area contributed by atoms with Crippen molar-refractivity contribution in [3.05, 3.63) is 12.3 Å². The second kappa shape index (κ2) is 6.13. The smallest absolute Gasteiger partial charge is 0.333 e. The van der Waals surface area contributed by atoms with Crippen molar-refractivity contribution >= 4 is 5.97 Å². The predicted molar refractivity (Wildman–Crippen MR) is 37.4 cm³/mol. The van der Waals surface area contributed by atoms with Crippen molar-refractivity contribution in [1.82, 2.24) is 0 Å². The summed E-state index contributed by atoms with van der Waals surface area (Å²) in [6.45, 7) is 4.56. The summed E-state index contributed by atoms with van der Waals surface area (Å²) in [6.07, 6.45) is 2.59. The average molecular weight is 147 g/mol. The van der Waals surface area contributed by atoms with Gasteiger partial charge < -0.3 is 9.47 Å². The van der Waals surface area contributed by atoms with Gasteiger partial charge in [-0.15, -0.1) is 0 Å². The molecule has 0 amide bonds. The van der Waals surface area contributed by atoms with Crippen LogP contribution in [0.5, 0.6) is 0 Å². The van der Waals surface area contributed by atoms with Crippen molar-refractivity contribution in [2.75, 3.05) is 13.2 Å². The third kappa shape index (κ3) is 5.15. The van der Waals surface area contributed by atoms with Gasteiger partial charge in [-0.05, 0) is 13.8 Å². The van der Waals surface area contributed by atoms with Crippen LogP contribution in [0.2, 0.25) is 0 Å². The highest BCUT2D eigenvalue weighted by Crippen LogP contribution is 1.81. The van der Waals surface area contributed by atoms with E-state index >= 15 is 0 Å². The van der Waals surface area contributed by atoms with E-state index in [0.29, 0.717) is 13.2 Å². The van der Waals surface area contributed by atoms with Crippen LogP contribution in [0.1, 0.15) is 13.8 Å². The molecule has 0 spiro atoms. The van der Waals surface area contributed by atoms with E-state index in [2.05, 4.69) is 4.74 Å². The number of carbonyl (C=O) groups excluding carboxylic acids is 1. The molecule has 0 aromatic rings. The normalized spacial score (nSPS) is 9.80. The van der Waals surface area contributed by atoms with Crippen molar-refractivity contribution in [2.45, 2.75) is 13.8 Å². The molecule has 0 heterocycles. The van der Waals surface area contributed by atoms with Gasteiger partial charge in [0.05, 0.1) is 25.6 Å². The molecule has 0 atom stereocenters. The molecule has 0 aliphatic carbocycles. The second-order valence-electron chi connectivity index (χ2n) is 1.51. The van der Waals surface area contributed by atoms with Gasteiger partial charge in [-0.3, -0.25) is 0 Å². The Balaban J connectivity index is 3.36. The Morgan fingerprint density at radius 2 is 2.10 bits per heavy atom. The van der Waals surface area contributed by atoms with Crippen LogP contribution in [-0.4, -0.2) is 19.2 Å². The lowest BCUT2D eigenvalue weighted by atomic mass is 10.9. The van der Waals surface area contributed by atoms with E-state index in [1.54, 1.807) is 6.92 Å². The van der Waals surface area contributed by atoms with Crippen molar-refractivity contribution < 1.29 is 14.3 Å². The van der Waals surface area contributed by atoms with Crippen LogP contribution in [0.4, 0.5) is 0 Å². The third-order valence-corrected chi connectivity index (χ3v) is 0.754. The van der Waals surface area contributed by atoms with Crippen LogP contribution >= 0.6 is 0 Å². The maximum absolute atomic E-state index is 10.5. The Hall–Kier alpha value is -0.990. The minimum absolute atomic E-state index is 0.365. The zero-order chi connectivity index (χ0) is 7.82. The minimum Gasteiger partial charge on any atom is -0.501 e. The fraction of sp³-hybridized carbons (Fsp3) is 0.571. The number of esters is 1. The summed E-state index contributed by atoms with van der Waals surface area (Å²) in [5.41, 5.74) is 0. The summed E-state index contributed by atoms with van der Waals surface area (Å²) in [4.78, 5) is 10.5. The zero-order valence-corrected chi connectivity index (χ0v) is 6.29. The number of ether oxygens (including phenoxy) is 2. The van der Waals surface area contributed by atoms with Gasteiger partial charge in [0.15, 0.2) is 0 Å². The lowest BCUT2D eigenvalue weighted by Crippen LogP contribution is -1.99. The van der Waals surface area contributed by atoms with Crippen LogP contribution in [0, 0.1) is 0 Å². The molecule has 3 nitrogen and oxygen atoms in total. The third-order valence-electron chi connectivity index (χ3n) is 0.754. The SMILES string of the molecule is CCO[13CH]=[13CH][13C](=O)OCC. The molecule has 3 heteroatoms. The van der Waals surface area contributed by atoms with Gasteiger partial charge in [0, 0.05) is 0 Å². The molecule has 0 radical (unpaired) electrons. The topological polar surface area (TPSA) is 35.5 Å². The lowest BCUT2D eigenvalue weighted by molar-refractivity contribution is -0.137. The Morgan fingerprint density at radius 3 is 2.60 bits per heavy atom. The fourth-order valence-electron chi connectivity index (χ4n) is 0.390. The molecular weight excluding hydrogens is 135 g/mol. The molecular formula is C7H12O3. The van der Waals surface area contributed by atoms with Crippen molar-refractivity contribution in [2.24, 2.45) is 0 Å². The average Bonchev–Trinajstić information content (AvgIpc) is 1.89. The van der Waals surface area contributed by atoms with Crippen molar-refractivity contribution in [1.29, 1.82) is 0 Å². The number of rotatable bonds is 4. The summed E-state index contributed by atoms with van der Waals surface area (Å²) in [5.74, 6) is -0.365. The number of carbonyl (C=O) groups is 1. The van der Waals surface area contributed by atoms with Gasteiger partial charge in [-0.25, -0.2) is 4.79 Å². The molecule has 0 aliphatic heterocycles. The van der Waals surface area contributed by atoms with Gasteiger partial charge in [-0.1, -0.05) is 0 Å². The fourth-order valence-corrected chi connectivity index (χ4v) is 0.390. The summed E-state index contributed by atoms with van der Waals surface area (Å²) >= 11 is 0. The highest BCUT2D eigenvalue weighted by molar-refractivity contribution is 5.81. The molecule has 0 saturated carbocycles. The van der Waals surface area contributed by atoms with Gasteiger partial charge >= 0.3 is 5.97 Å². The zero-order valence-electron chi connectivity index (χ0n) is 6.29. The van der Waals surface area contributed by atoms with E-state index in [0.717, 1.165) is 0 Å². The van der Waals surface area contributed by atoms with Crippen LogP contribution in [0.3, 0.4) is 0 Å². The lowest BCUT2D eigenvalue weighted by Gasteiger charge is -1.94. The first kappa shape index (κ1) is 9.01. The molecule has 10 heavy (non-hydrogen) atoms. The molecule has 58 valence electrons. The van der Waals surface area contributed by atoms with Gasteiger partial charge in [0.1, 0.15) is 0 Å². The predicted octanol–water partition coefficient (Wildman–Crippen LogP) is 1.10. The number of hydrogen-bond donors (Lipinski definition) is 0. The van der Waals surface area contributed by atoms with E-state index in [4.69, 9.17) is 4.74 Å². The molecule has 0 unspecified atom stereocenters. The largest absolute Gasteiger partial charge is 0.501 e. The van der Waals surface area contributed by atoms with Gasteiger partial charge in [0.2, 0.25) is 0 Å². The first-order chi connectivity index (χ1) is 4.81. The molecule has 0 fully saturated rings. The molecule has 0 bridgehead atoms. The standard InChI is InChI=1S/C7H12O3/c1-3-9-6-5-7(8)10-4-2/h5-6H,3-4H2,1-2H3/i5+1,6+1,7+1. The highest BCUT2D eigenvalue weighted by Gasteiger charge is 1.90. The Labute approximate surface area is 60.6 Å². The van der Waals surface area contributed by atoms with Crippen LogP contribution in [0.15, 0.2) is 12.3 Å². The molecule has 0 rings (SSSR count). The van der Waals surface area contributed by atoms with E-state index < -0.39 is 0 Å². The second-order valence-corrected chi connectivity index (χ2v) is 1.51. The summed E-state index contributed by atoms with van der Waals surface area (Å²) < 4.78 is 9.35. The molecule has 0 saturated heterocycles. The number of hydrogen-bond acceptors (Lipinski definition) is 3. The molecule has 0 aromatic carbocycles. The Bertz CT molecular complexity index is 118. The molecule has 0 aliphatic rings.